The van der Waals surface area contributed by atoms with Crippen LogP contribution in [0.1, 0.15) is 25.0 Å². The van der Waals surface area contributed by atoms with Crippen LogP contribution in [-0.4, -0.2) is 30.5 Å². The number of hydrogen-bond acceptors (Lipinski definition) is 7. The maximum absolute atomic E-state index is 12.3. The summed E-state index contributed by atoms with van der Waals surface area (Å²) in [6.07, 6.45) is 1.46. The fourth-order valence-corrected chi connectivity index (χ4v) is 3.16. The van der Waals surface area contributed by atoms with Crippen molar-refractivity contribution in [2.75, 3.05) is 13.7 Å². The summed E-state index contributed by atoms with van der Waals surface area (Å²) in [5.41, 5.74) is 0.442. The standard InChI is InChI=1S/C21H18Cl2N2O6/c1-11(2)10-30-19-16(23)6-12(8-18(19)29-3)7-17-21(26)31-20(24-17)14-9-13(25(27)28)4-5-15(14)22/h4-9,11H,10H2,1-3H3/b17-7-. The number of hydrogen-bond donors (Lipinski definition) is 0. The Balaban J connectivity index is 1.96. The lowest BCUT2D eigenvalue weighted by Gasteiger charge is -2.14. The average molecular weight is 465 g/mol. The smallest absolute Gasteiger partial charge is 0.363 e. The van der Waals surface area contributed by atoms with Crippen molar-refractivity contribution in [1.29, 1.82) is 0 Å². The second kappa shape index (κ2) is 9.36. The van der Waals surface area contributed by atoms with Crippen molar-refractivity contribution >= 4 is 46.8 Å². The summed E-state index contributed by atoms with van der Waals surface area (Å²) < 4.78 is 16.2. The van der Waals surface area contributed by atoms with Crippen LogP contribution in [0.15, 0.2) is 41.0 Å². The fraction of sp³-hybridized carbons (Fsp3) is 0.238. The predicted molar refractivity (Wildman–Crippen MR) is 117 cm³/mol. The van der Waals surface area contributed by atoms with Crippen LogP contribution < -0.4 is 9.47 Å². The van der Waals surface area contributed by atoms with Crippen molar-refractivity contribution in [3.8, 4) is 11.5 Å². The van der Waals surface area contributed by atoms with Crippen molar-refractivity contribution in [2.45, 2.75) is 13.8 Å². The Kier molecular flexibility index (Phi) is 6.82. The molecule has 0 saturated carbocycles. The third-order valence-corrected chi connectivity index (χ3v) is 4.74. The van der Waals surface area contributed by atoms with Gasteiger partial charge in [-0.25, -0.2) is 9.79 Å². The molecular weight excluding hydrogens is 447 g/mol. The number of esters is 1. The van der Waals surface area contributed by atoms with Crippen LogP contribution in [0.25, 0.3) is 6.08 Å². The Morgan fingerprint density at radius 2 is 1.97 bits per heavy atom. The second-order valence-corrected chi connectivity index (χ2v) is 7.81. The third kappa shape index (κ3) is 5.15. The summed E-state index contributed by atoms with van der Waals surface area (Å²) >= 11 is 12.4. The largest absolute Gasteiger partial charge is 0.493 e. The van der Waals surface area contributed by atoms with Gasteiger partial charge in [-0.05, 0) is 35.8 Å². The molecule has 162 valence electrons. The van der Waals surface area contributed by atoms with Gasteiger partial charge < -0.3 is 14.2 Å². The lowest BCUT2D eigenvalue weighted by atomic mass is 10.1. The number of halogens is 2. The number of nitro groups is 1. The molecule has 1 aliphatic rings. The van der Waals surface area contributed by atoms with Crippen LogP contribution in [0.5, 0.6) is 11.5 Å². The molecule has 0 saturated heterocycles. The maximum atomic E-state index is 12.3. The SMILES string of the molecule is COc1cc(/C=C2\N=C(c3cc([N+](=O)[O-])ccc3Cl)OC2=O)cc(Cl)c1OCC(C)C. The Bertz CT molecular complexity index is 1110. The van der Waals surface area contributed by atoms with Crippen LogP contribution in [0, 0.1) is 16.0 Å². The number of cyclic esters (lactones) is 1. The first-order chi connectivity index (χ1) is 14.7. The number of ether oxygens (including phenoxy) is 3. The molecule has 0 spiro atoms. The fourth-order valence-electron chi connectivity index (χ4n) is 2.69. The molecule has 0 atom stereocenters. The lowest BCUT2D eigenvalue weighted by Crippen LogP contribution is -2.07. The lowest BCUT2D eigenvalue weighted by molar-refractivity contribution is -0.384. The van der Waals surface area contributed by atoms with Crippen LogP contribution in [0.4, 0.5) is 5.69 Å². The van der Waals surface area contributed by atoms with Gasteiger partial charge in [0.2, 0.25) is 5.90 Å². The van der Waals surface area contributed by atoms with Crippen molar-refractivity contribution in [2.24, 2.45) is 10.9 Å². The minimum atomic E-state index is -0.729. The normalized spacial score (nSPS) is 14.6. The monoisotopic (exact) mass is 464 g/mol. The van der Waals surface area contributed by atoms with Gasteiger partial charge >= 0.3 is 5.97 Å². The van der Waals surface area contributed by atoms with E-state index in [9.17, 15) is 14.9 Å². The molecule has 0 fully saturated rings. The highest BCUT2D eigenvalue weighted by Gasteiger charge is 2.27. The van der Waals surface area contributed by atoms with E-state index in [1.807, 2.05) is 13.8 Å². The molecule has 0 aliphatic carbocycles. The van der Waals surface area contributed by atoms with Crippen LogP contribution in [0.3, 0.4) is 0 Å². The summed E-state index contributed by atoms with van der Waals surface area (Å²) in [5, 5.41) is 11.5. The van der Waals surface area contributed by atoms with Crippen molar-refractivity contribution in [1.82, 2.24) is 0 Å². The molecule has 2 aromatic rings. The van der Waals surface area contributed by atoms with Gasteiger partial charge in [-0.15, -0.1) is 0 Å². The van der Waals surface area contributed by atoms with E-state index < -0.39 is 10.9 Å². The molecule has 31 heavy (non-hydrogen) atoms. The highest BCUT2D eigenvalue weighted by molar-refractivity contribution is 6.34. The number of methoxy groups -OCH3 is 1. The van der Waals surface area contributed by atoms with Gasteiger partial charge in [0.05, 0.1) is 34.2 Å². The summed E-state index contributed by atoms with van der Waals surface area (Å²) in [7, 11) is 1.48. The molecule has 8 nitrogen and oxygen atoms in total. The van der Waals surface area contributed by atoms with E-state index >= 15 is 0 Å². The molecule has 1 aliphatic heterocycles. The van der Waals surface area contributed by atoms with Gasteiger partial charge in [-0.2, -0.15) is 0 Å². The summed E-state index contributed by atoms with van der Waals surface area (Å²) in [5.74, 6) is 0.246. The minimum absolute atomic E-state index is 0.0217. The third-order valence-electron chi connectivity index (χ3n) is 4.13. The number of carbonyl (C=O) groups excluding carboxylic acids is 1. The molecule has 0 unspecified atom stereocenters. The van der Waals surface area contributed by atoms with E-state index in [4.69, 9.17) is 37.4 Å². The molecule has 1 heterocycles. The average Bonchev–Trinajstić information content (AvgIpc) is 3.06. The molecular formula is C21H18Cl2N2O6. The van der Waals surface area contributed by atoms with Gasteiger partial charge in [0.15, 0.2) is 17.2 Å². The van der Waals surface area contributed by atoms with Crippen LogP contribution >= 0.6 is 23.2 Å². The summed E-state index contributed by atoms with van der Waals surface area (Å²) in [4.78, 5) is 26.9. The van der Waals surface area contributed by atoms with Crippen molar-refractivity contribution < 1.29 is 23.9 Å². The van der Waals surface area contributed by atoms with E-state index in [-0.39, 0.29) is 27.9 Å². The van der Waals surface area contributed by atoms with Gasteiger partial charge in [0, 0.05) is 12.1 Å². The Morgan fingerprint density at radius 1 is 1.23 bits per heavy atom. The zero-order valence-electron chi connectivity index (χ0n) is 16.8. The number of rotatable bonds is 7. The number of carbonyl (C=O) groups is 1. The molecule has 2 aromatic carbocycles. The minimum Gasteiger partial charge on any atom is -0.493 e. The molecule has 0 radical (unpaired) electrons. The van der Waals surface area contributed by atoms with Gasteiger partial charge in [-0.3, -0.25) is 10.1 Å². The molecule has 10 heteroatoms. The molecule has 0 amide bonds. The number of nitrogens with zero attached hydrogens (tertiary/aromatic N) is 2. The van der Waals surface area contributed by atoms with Gasteiger partial charge in [0.25, 0.3) is 5.69 Å². The maximum Gasteiger partial charge on any atom is 0.363 e. The second-order valence-electron chi connectivity index (χ2n) is 7.00. The predicted octanol–water partition coefficient (Wildman–Crippen LogP) is 5.29. The molecule has 0 bridgehead atoms. The number of nitro benzene ring substituents is 1. The van der Waals surface area contributed by atoms with Crippen molar-refractivity contribution in [3.63, 3.8) is 0 Å². The quantitative estimate of drug-likeness (QED) is 0.238. The Hall–Kier alpha value is -3.10. The number of non-ortho nitro benzene ring substituents is 1. The topological polar surface area (TPSA) is 100 Å². The van der Waals surface area contributed by atoms with E-state index in [0.29, 0.717) is 34.6 Å². The highest BCUT2D eigenvalue weighted by atomic mass is 35.5. The van der Waals surface area contributed by atoms with E-state index in [2.05, 4.69) is 4.99 Å². The number of aliphatic imine (C=N–C) groups is 1. The zero-order chi connectivity index (χ0) is 22.7. The highest BCUT2D eigenvalue weighted by Crippen LogP contribution is 2.37. The van der Waals surface area contributed by atoms with Gasteiger partial charge in [0.1, 0.15) is 0 Å². The first-order valence-corrected chi connectivity index (χ1v) is 9.92. The Labute approximate surface area is 188 Å². The molecule has 0 N–H and O–H groups in total. The first kappa shape index (κ1) is 22.6. The summed E-state index contributed by atoms with van der Waals surface area (Å²) in [6.45, 7) is 4.47. The van der Waals surface area contributed by atoms with Crippen LogP contribution in [0.2, 0.25) is 10.0 Å². The Morgan fingerprint density at radius 3 is 2.61 bits per heavy atom. The van der Waals surface area contributed by atoms with E-state index in [1.54, 1.807) is 12.1 Å². The molecule has 3 rings (SSSR count). The van der Waals surface area contributed by atoms with Crippen LogP contribution in [-0.2, 0) is 9.53 Å². The molecule has 0 aromatic heterocycles. The zero-order valence-corrected chi connectivity index (χ0v) is 18.4. The van der Waals surface area contributed by atoms with E-state index in [0.717, 1.165) is 0 Å². The van der Waals surface area contributed by atoms with Gasteiger partial charge in [-0.1, -0.05) is 37.0 Å². The summed E-state index contributed by atoms with van der Waals surface area (Å²) in [6, 6.07) is 7.03. The first-order valence-electron chi connectivity index (χ1n) is 9.16. The number of benzene rings is 2. The van der Waals surface area contributed by atoms with Crippen molar-refractivity contribution in [3.05, 3.63) is 67.3 Å². The van der Waals surface area contributed by atoms with E-state index in [1.165, 1.54) is 31.4 Å².